The van der Waals surface area contributed by atoms with E-state index in [0.717, 1.165) is 38.1 Å². The Hall–Kier alpha value is -2.84. The number of hydrogen-bond donors (Lipinski definition) is 2. The van der Waals surface area contributed by atoms with Crippen molar-refractivity contribution in [1.29, 1.82) is 0 Å². The second-order valence-corrected chi connectivity index (χ2v) is 8.62. The second-order valence-electron chi connectivity index (χ2n) is 8.62. The molecule has 0 aromatic heterocycles. The lowest BCUT2D eigenvalue weighted by Gasteiger charge is -2.33. The normalized spacial score (nSPS) is 15.7. The first-order valence-electron chi connectivity index (χ1n) is 11.7. The van der Waals surface area contributed by atoms with Crippen LogP contribution in [0.5, 0.6) is 11.5 Å². The molecule has 1 heterocycles. The number of likely N-dealkylation sites (tertiary alicyclic amines) is 1. The predicted octanol–water partition coefficient (Wildman–Crippen LogP) is 4.26. The topological polar surface area (TPSA) is 97.1 Å². The molecule has 0 bridgehead atoms. The Labute approximate surface area is 195 Å². The lowest BCUT2D eigenvalue weighted by molar-refractivity contribution is -0.384. The summed E-state index contributed by atoms with van der Waals surface area (Å²) in [5.41, 5.74) is 0.981. The van der Waals surface area contributed by atoms with Gasteiger partial charge in [-0.1, -0.05) is 25.1 Å². The van der Waals surface area contributed by atoms with Crippen LogP contribution in [0.2, 0.25) is 0 Å². The van der Waals surface area contributed by atoms with Crippen molar-refractivity contribution in [2.45, 2.75) is 39.2 Å². The molecule has 0 aliphatic carbocycles. The Morgan fingerprint density at radius 2 is 1.91 bits per heavy atom. The number of ether oxygens (including phenoxy) is 2. The number of piperidine rings is 1. The van der Waals surface area contributed by atoms with Gasteiger partial charge in [0, 0.05) is 18.7 Å². The number of nitro benzene ring substituents is 1. The molecule has 8 heteroatoms. The molecule has 8 nitrogen and oxygen atoms in total. The Morgan fingerprint density at radius 3 is 2.58 bits per heavy atom. The van der Waals surface area contributed by atoms with Crippen molar-refractivity contribution >= 4 is 11.4 Å². The molecule has 1 aliphatic rings. The maximum Gasteiger partial charge on any atom is 0.299 e. The minimum atomic E-state index is -0.679. The van der Waals surface area contributed by atoms with Gasteiger partial charge < -0.3 is 24.8 Å². The average Bonchev–Trinajstić information content (AvgIpc) is 2.82. The lowest BCUT2D eigenvalue weighted by Crippen LogP contribution is -2.41. The number of anilines is 1. The standard InChI is InChI=1S/C25H35N3O5/c1-3-13-26-24-23(10-9-19(2)25(24)28(30)31)33-18-21(29)16-27-14-11-20(12-15-27)17-32-22-7-5-4-6-8-22/h4-10,20-21,26,29H,3,11-18H2,1-2H3. The van der Waals surface area contributed by atoms with Crippen LogP contribution in [0.15, 0.2) is 42.5 Å². The van der Waals surface area contributed by atoms with Crippen molar-refractivity contribution in [3.8, 4) is 11.5 Å². The summed E-state index contributed by atoms with van der Waals surface area (Å²) < 4.78 is 11.7. The van der Waals surface area contributed by atoms with Crippen LogP contribution in [-0.2, 0) is 0 Å². The van der Waals surface area contributed by atoms with Crippen molar-refractivity contribution in [1.82, 2.24) is 4.90 Å². The Balaban J connectivity index is 1.46. The quantitative estimate of drug-likeness (QED) is 0.363. The number of nitrogens with zero attached hydrogens (tertiary/aromatic N) is 2. The highest BCUT2D eigenvalue weighted by molar-refractivity contribution is 5.72. The van der Waals surface area contributed by atoms with Crippen LogP contribution < -0.4 is 14.8 Å². The van der Waals surface area contributed by atoms with E-state index in [0.29, 0.717) is 42.6 Å². The summed E-state index contributed by atoms with van der Waals surface area (Å²) >= 11 is 0. The number of benzene rings is 2. The van der Waals surface area contributed by atoms with Gasteiger partial charge in [-0.3, -0.25) is 10.1 Å². The fraction of sp³-hybridized carbons (Fsp3) is 0.520. The number of nitro groups is 1. The molecule has 33 heavy (non-hydrogen) atoms. The van der Waals surface area contributed by atoms with Crippen molar-refractivity contribution in [3.05, 3.63) is 58.1 Å². The first-order valence-corrected chi connectivity index (χ1v) is 11.7. The maximum absolute atomic E-state index is 11.6. The summed E-state index contributed by atoms with van der Waals surface area (Å²) in [6.45, 7) is 7.42. The SMILES string of the molecule is CCCNc1c(OCC(O)CN2CCC(COc3ccccc3)CC2)ccc(C)c1[N+](=O)[O-]. The van der Waals surface area contributed by atoms with E-state index in [4.69, 9.17) is 9.47 Å². The highest BCUT2D eigenvalue weighted by Crippen LogP contribution is 2.37. The highest BCUT2D eigenvalue weighted by atomic mass is 16.6. The van der Waals surface area contributed by atoms with Gasteiger partial charge in [0.2, 0.25) is 0 Å². The van der Waals surface area contributed by atoms with Crippen molar-refractivity contribution in [3.63, 3.8) is 0 Å². The molecule has 1 fully saturated rings. The summed E-state index contributed by atoms with van der Waals surface area (Å²) in [5, 5.41) is 25.2. The molecular weight excluding hydrogens is 422 g/mol. The molecule has 0 spiro atoms. The Bertz CT molecular complexity index is 885. The van der Waals surface area contributed by atoms with Gasteiger partial charge in [0.25, 0.3) is 5.69 Å². The molecule has 2 aromatic rings. The van der Waals surface area contributed by atoms with Gasteiger partial charge >= 0.3 is 0 Å². The molecule has 180 valence electrons. The number of para-hydroxylation sites is 1. The Morgan fingerprint density at radius 1 is 1.18 bits per heavy atom. The van der Waals surface area contributed by atoms with Gasteiger partial charge in [-0.2, -0.15) is 0 Å². The molecule has 0 radical (unpaired) electrons. The molecule has 2 aromatic carbocycles. The predicted molar refractivity (Wildman–Crippen MR) is 129 cm³/mol. The summed E-state index contributed by atoms with van der Waals surface area (Å²) in [7, 11) is 0. The molecule has 0 amide bonds. The van der Waals surface area contributed by atoms with E-state index in [9.17, 15) is 15.2 Å². The van der Waals surface area contributed by atoms with E-state index in [1.165, 1.54) is 0 Å². The number of β-amino-alcohol motifs (C(OH)–C–C–N with tert-alkyl or cyclic N) is 1. The van der Waals surface area contributed by atoms with Gasteiger partial charge in [-0.25, -0.2) is 0 Å². The van der Waals surface area contributed by atoms with E-state index in [1.807, 2.05) is 37.3 Å². The zero-order valence-corrected chi connectivity index (χ0v) is 19.5. The number of aryl methyl sites for hydroxylation is 1. The zero-order valence-electron chi connectivity index (χ0n) is 19.5. The van der Waals surface area contributed by atoms with E-state index in [1.54, 1.807) is 19.1 Å². The second kappa shape index (κ2) is 12.4. The number of nitrogens with one attached hydrogen (secondary N) is 1. The van der Waals surface area contributed by atoms with Crippen molar-refractivity contribution < 1.29 is 19.5 Å². The Kier molecular flexibility index (Phi) is 9.33. The van der Waals surface area contributed by atoms with Crippen LogP contribution in [0.25, 0.3) is 0 Å². The molecule has 1 unspecified atom stereocenters. The van der Waals surface area contributed by atoms with Crippen LogP contribution in [0.4, 0.5) is 11.4 Å². The average molecular weight is 458 g/mol. The number of rotatable bonds is 12. The van der Waals surface area contributed by atoms with E-state index >= 15 is 0 Å². The van der Waals surface area contributed by atoms with Crippen LogP contribution in [0.3, 0.4) is 0 Å². The minimum Gasteiger partial charge on any atom is -0.493 e. The van der Waals surface area contributed by atoms with Gasteiger partial charge in [0.05, 0.1) is 11.5 Å². The zero-order chi connectivity index (χ0) is 23.6. The number of aliphatic hydroxyl groups excluding tert-OH is 1. The summed E-state index contributed by atoms with van der Waals surface area (Å²) in [5.74, 6) is 1.81. The monoisotopic (exact) mass is 457 g/mol. The smallest absolute Gasteiger partial charge is 0.299 e. The first-order chi connectivity index (χ1) is 16.0. The first kappa shape index (κ1) is 24.8. The number of hydrogen-bond acceptors (Lipinski definition) is 7. The molecule has 1 aliphatic heterocycles. The maximum atomic E-state index is 11.6. The van der Waals surface area contributed by atoms with E-state index < -0.39 is 6.10 Å². The number of aliphatic hydroxyl groups is 1. The van der Waals surface area contributed by atoms with Crippen LogP contribution in [-0.4, -0.2) is 60.4 Å². The summed E-state index contributed by atoms with van der Waals surface area (Å²) in [6, 6.07) is 13.3. The highest BCUT2D eigenvalue weighted by Gasteiger charge is 2.24. The fourth-order valence-corrected chi connectivity index (χ4v) is 4.06. The van der Waals surface area contributed by atoms with Gasteiger partial charge in [0.1, 0.15) is 24.2 Å². The lowest BCUT2D eigenvalue weighted by atomic mass is 9.97. The largest absolute Gasteiger partial charge is 0.493 e. The third-order valence-electron chi connectivity index (χ3n) is 5.91. The van der Waals surface area contributed by atoms with Crippen molar-refractivity contribution in [2.75, 3.05) is 44.7 Å². The van der Waals surface area contributed by atoms with Gasteiger partial charge in [-0.05, 0) is 69.5 Å². The van der Waals surface area contributed by atoms with Crippen LogP contribution in [0, 0.1) is 23.0 Å². The van der Waals surface area contributed by atoms with E-state index in [2.05, 4.69) is 10.2 Å². The van der Waals surface area contributed by atoms with Crippen LogP contribution >= 0.6 is 0 Å². The molecule has 2 N–H and O–H groups in total. The van der Waals surface area contributed by atoms with Gasteiger partial charge in [-0.15, -0.1) is 0 Å². The molecular formula is C25H35N3O5. The van der Waals surface area contributed by atoms with Gasteiger partial charge in [0.15, 0.2) is 5.69 Å². The molecule has 3 rings (SSSR count). The molecule has 1 atom stereocenters. The third kappa shape index (κ3) is 7.33. The fourth-order valence-electron chi connectivity index (χ4n) is 4.06. The van der Waals surface area contributed by atoms with E-state index in [-0.39, 0.29) is 17.2 Å². The third-order valence-corrected chi connectivity index (χ3v) is 5.91. The minimum absolute atomic E-state index is 0.0234. The summed E-state index contributed by atoms with van der Waals surface area (Å²) in [4.78, 5) is 13.4. The van der Waals surface area contributed by atoms with Crippen LogP contribution in [0.1, 0.15) is 31.7 Å². The molecule has 0 saturated carbocycles. The van der Waals surface area contributed by atoms with Crippen molar-refractivity contribution in [2.24, 2.45) is 5.92 Å². The molecule has 1 saturated heterocycles. The summed E-state index contributed by atoms with van der Waals surface area (Å²) in [6.07, 6.45) is 2.20.